The van der Waals surface area contributed by atoms with Gasteiger partial charge in [-0.25, -0.2) is 0 Å². The smallest absolute Gasteiger partial charge is 0.159 e. The number of ether oxygens (including phenoxy) is 2. The van der Waals surface area contributed by atoms with Crippen LogP contribution in [0.5, 0.6) is 11.5 Å². The van der Waals surface area contributed by atoms with Crippen molar-refractivity contribution in [3.63, 3.8) is 0 Å². The van der Waals surface area contributed by atoms with Gasteiger partial charge in [0.15, 0.2) is 5.78 Å². The first-order valence-corrected chi connectivity index (χ1v) is 8.79. The lowest BCUT2D eigenvalue weighted by Gasteiger charge is -2.35. The summed E-state index contributed by atoms with van der Waals surface area (Å²) in [4.78, 5) is 14.0. The molecule has 0 aromatic heterocycles. The lowest BCUT2D eigenvalue weighted by Crippen LogP contribution is -2.39. The van der Waals surface area contributed by atoms with Gasteiger partial charge in [0.2, 0.25) is 0 Å². The highest BCUT2D eigenvalue weighted by Gasteiger charge is 2.23. The molecule has 0 saturated carbocycles. The van der Waals surface area contributed by atoms with E-state index in [1.165, 1.54) is 5.56 Å². The Bertz CT molecular complexity index is 757. The zero-order valence-corrected chi connectivity index (χ0v) is 15.1. The van der Waals surface area contributed by atoms with Crippen molar-refractivity contribution in [3.8, 4) is 11.5 Å². The minimum atomic E-state index is 0.0733. The van der Waals surface area contributed by atoms with Crippen LogP contribution in [-0.2, 0) is 0 Å². The second-order valence-corrected chi connectivity index (χ2v) is 6.63. The van der Waals surface area contributed by atoms with Crippen LogP contribution in [0, 0.1) is 6.92 Å². The molecule has 132 valence electrons. The number of hydrogen-bond acceptors (Lipinski definition) is 4. The monoisotopic (exact) mass is 339 g/mol. The van der Waals surface area contributed by atoms with E-state index in [9.17, 15) is 4.79 Å². The average molecular weight is 339 g/mol. The minimum absolute atomic E-state index is 0.0733. The predicted molar refractivity (Wildman–Crippen MR) is 100 cm³/mol. The highest BCUT2D eigenvalue weighted by Crippen LogP contribution is 2.34. The van der Waals surface area contributed by atoms with Crippen molar-refractivity contribution in [2.45, 2.75) is 33.3 Å². The Kier molecular flexibility index (Phi) is 5.27. The van der Waals surface area contributed by atoms with E-state index in [2.05, 4.69) is 24.8 Å². The molecule has 0 amide bonds. The van der Waals surface area contributed by atoms with E-state index in [0.29, 0.717) is 6.61 Å². The fourth-order valence-corrected chi connectivity index (χ4v) is 3.11. The molecule has 0 radical (unpaired) electrons. The number of rotatable bonds is 6. The molecule has 1 heterocycles. The average Bonchev–Trinajstić information content (AvgIpc) is 2.58. The van der Waals surface area contributed by atoms with Gasteiger partial charge in [-0.05, 0) is 63.1 Å². The first-order chi connectivity index (χ1) is 12.0. The number of ketones is 1. The molecule has 2 aromatic rings. The third kappa shape index (κ3) is 4.32. The molecule has 0 bridgehead atoms. The van der Waals surface area contributed by atoms with Gasteiger partial charge in [-0.2, -0.15) is 0 Å². The van der Waals surface area contributed by atoms with Gasteiger partial charge in [-0.3, -0.25) is 4.79 Å². The number of nitrogens with zero attached hydrogens (tertiary/aromatic N) is 1. The SMILES string of the molecule is CC(=O)c1ccc2c(c1)N(CCCOc1cccc(C)c1)CC(C)O2. The third-order valence-electron chi connectivity index (χ3n) is 4.34. The van der Waals surface area contributed by atoms with Crippen LogP contribution in [-0.4, -0.2) is 31.6 Å². The number of Topliss-reactive ketones (excluding diaryl/α,β-unsaturated/α-hetero) is 1. The van der Waals surface area contributed by atoms with E-state index < -0.39 is 0 Å². The first-order valence-electron chi connectivity index (χ1n) is 8.79. The van der Waals surface area contributed by atoms with Gasteiger partial charge < -0.3 is 14.4 Å². The van der Waals surface area contributed by atoms with Crippen LogP contribution >= 0.6 is 0 Å². The Balaban J connectivity index is 1.62. The first kappa shape index (κ1) is 17.3. The van der Waals surface area contributed by atoms with Gasteiger partial charge in [0.25, 0.3) is 0 Å². The minimum Gasteiger partial charge on any atom is -0.494 e. The highest BCUT2D eigenvalue weighted by atomic mass is 16.5. The number of benzene rings is 2. The summed E-state index contributed by atoms with van der Waals surface area (Å²) in [6.45, 7) is 8.07. The standard InChI is InChI=1S/C21H25NO3/c1-15-6-4-7-19(12-15)24-11-5-10-22-14-16(2)25-21-9-8-18(17(3)23)13-20(21)22/h4,6-9,12-13,16H,5,10-11,14H2,1-3H3. The molecule has 2 aromatic carbocycles. The van der Waals surface area contributed by atoms with E-state index in [-0.39, 0.29) is 11.9 Å². The fourth-order valence-electron chi connectivity index (χ4n) is 3.11. The summed E-state index contributed by atoms with van der Waals surface area (Å²) < 4.78 is 11.7. The molecule has 0 saturated heterocycles. The fraction of sp³-hybridized carbons (Fsp3) is 0.381. The quantitative estimate of drug-likeness (QED) is 0.582. The van der Waals surface area contributed by atoms with E-state index in [1.54, 1.807) is 6.92 Å². The van der Waals surface area contributed by atoms with Crippen LogP contribution in [0.1, 0.15) is 36.2 Å². The second kappa shape index (κ2) is 7.60. The zero-order valence-electron chi connectivity index (χ0n) is 15.1. The molecule has 25 heavy (non-hydrogen) atoms. The lowest BCUT2D eigenvalue weighted by atomic mass is 10.1. The summed E-state index contributed by atoms with van der Waals surface area (Å²) in [6.07, 6.45) is 1.04. The number of aryl methyl sites for hydroxylation is 1. The molecule has 1 atom stereocenters. The molecule has 0 N–H and O–H groups in total. The maximum Gasteiger partial charge on any atom is 0.159 e. The van der Waals surface area contributed by atoms with Crippen LogP contribution in [0.4, 0.5) is 5.69 Å². The summed E-state index contributed by atoms with van der Waals surface area (Å²) in [5, 5.41) is 0. The van der Waals surface area contributed by atoms with Crippen molar-refractivity contribution in [1.29, 1.82) is 0 Å². The van der Waals surface area contributed by atoms with Gasteiger partial charge >= 0.3 is 0 Å². The van der Waals surface area contributed by atoms with E-state index in [1.807, 2.05) is 36.4 Å². The molecule has 0 spiro atoms. The highest BCUT2D eigenvalue weighted by molar-refractivity contribution is 5.95. The lowest BCUT2D eigenvalue weighted by molar-refractivity contribution is 0.101. The van der Waals surface area contributed by atoms with Crippen LogP contribution in [0.15, 0.2) is 42.5 Å². The number of fused-ring (bicyclic) bond motifs is 1. The molecule has 0 aliphatic carbocycles. The van der Waals surface area contributed by atoms with Crippen LogP contribution in [0.3, 0.4) is 0 Å². The van der Waals surface area contributed by atoms with Crippen molar-refractivity contribution in [2.24, 2.45) is 0 Å². The van der Waals surface area contributed by atoms with Gasteiger partial charge in [0.1, 0.15) is 17.6 Å². The Labute approximate surface area is 149 Å². The molecule has 0 fully saturated rings. The van der Waals surface area contributed by atoms with Crippen LogP contribution < -0.4 is 14.4 Å². The normalized spacial score (nSPS) is 16.1. The van der Waals surface area contributed by atoms with Gasteiger partial charge in [-0.15, -0.1) is 0 Å². The van der Waals surface area contributed by atoms with Gasteiger partial charge in [-0.1, -0.05) is 12.1 Å². The maximum absolute atomic E-state index is 11.7. The summed E-state index contributed by atoms with van der Waals surface area (Å²) in [5.74, 6) is 1.84. The van der Waals surface area contributed by atoms with Crippen LogP contribution in [0.25, 0.3) is 0 Å². The molecule has 1 aliphatic heterocycles. The number of carbonyl (C=O) groups is 1. The van der Waals surface area contributed by atoms with E-state index in [4.69, 9.17) is 9.47 Å². The van der Waals surface area contributed by atoms with Crippen molar-refractivity contribution < 1.29 is 14.3 Å². The van der Waals surface area contributed by atoms with Crippen LogP contribution in [0.2, 0.25) is 0 Å². The van der Waals surface area contributed by atoms with Crippen molar-refractivity contribution in [2.75, 3.05) is 24.6 Å². The zero-order chi connectivity index (χ0) is 17.8. The van der Waals surface area contributed by atoms with E-state index in [0.717, 1.165) is 42.3 Å². The largest absolute Gasteiger partial charge is 0.494 e. The molecule has 3 rings (SSSR count). The second-order valence-electron chi connectivity index (χ2n) is 6.63. The molecular weight excluding hydrogens is 314 g/mol. The summed E-state index contributed by atoms with van der Waals surface area (Å²) in [7, 11) is 0. The molecule has 1 aliphatic rings. The van der Waals surface area contributed by atoms with Crippen molar-refractivity contribution in [1.82, 2.24) is 0 Å². The molecule has 4 nitrogen and oxygen atoms in total. The predicted octanol–water partition coefficient (Wildman–Crippen LogP) is 4.25. The van der Waals surface area contributed by atoms with Crippen molar-refractivity contribution >= 4 is 11.5 Å². The summed E-state index contributed by atoms with van der Waals surface area (Å²) in [6, 6.07) is 13.8. The Morgan fingerprint density at radius 3 is 2.88 bits per heavy atom. The maximum atomic E-state index is 11.7. The van der Waals surface area contributed by atoms with Gasteiger partial charge in [0, 0.05) is 12.1 Å². The third-order valence-corrected chi connectivity index (χ3v) is 4.34. The Morgan fingerprint density at radius 1 is 1.28 bits per heavy atom. The number of hydrogen-bond donors (Lipinski definition) is 0. The number of anilines is 1. The molecule has 4 heteroatoms. The molecular formula is C21H25NO3. The van der Waals surface area contributed by atoms with Crippen molar-refractivity contribution in [3.05, 3.63) is 53.6 Å². The molecule has 1 unspecified atom stereocenters. The summed E-state index contributed by atoms with van der Waals surface area (Å²) in [5.41, 5.74) is 2.92. The summed E-state index contributed by atoms with van der Waals surface area (Å²) >= 11 is 0. The Morgan fingerprint density at radius 2 is 2.12 bits per heavy atom. The topological polar surface area (TPSA) is 38.8 Å². The van der Waals surface area contributed by atoms with Gasteiger partial charge in [0.05, 0.1) is 18.8 Å². The Hall–Kier alpha value is -2.49. The number of carbonyl (C=O) groups excluding carboxylic acids is 1. The van der Waals surface area contributed by atoms with E-state index >= 15 is 0 Å².